The molecule has 0 aliphatic rings. The van der Waals surface area contributed by atoms with Crippen molar-refractivity contribution in [3.05, 3.63) is 75.7 Å². The smallest absolute Gasteiger partial charge is 0.277 e. The molecule has 3 rings (SSSR count). The number of hydrogen-bond acceptors (Lipinski definition) is 8. The van der Waals surface area contributed by atoms with Crippen LogP contribution in [0.4, 0.5) is 5.69 Å². The summed E-state index contributed by atoms with van der Waals surface area (Å²) in [6, 6.07) is 13.1. The van der Waals surface area contributed by atoms with Crippen LogP contribution in [0.15, 0.2) is 58.2 Å². The molecule has 0 saturated heterocycles. The minimum atomic E-state index is -0.534. The zero-order valence-corrected chi connectivity index (χ0v) is 15.1. The second-order valence-electron chi connectivity index (χ2n) is 5.51. The number of thioether (sulfide) groups is 1. The van der Waals surface area contributed by atoms with E-state index in [1.807, 2.05) is 24.3 Å². The van der Waals surface area contributed by atoms with Crippen molar-refractivity contribution in [3.8, 4) is 5.75 Å². The van der Waals surface area contributed by atoms with Gasteiger partial charge in [-0.05, 0) is 17.7 Å². The summed E-state index contributed by atoms with van der Waals surface area (Å²) in [4.78, 5) is 22.5. The van der Waals surface area contributed by atoms with Crippen LogP contribution in [0.3, 0.4) is 0 Å². The van der Waals surface area contributed by atoms with Crippen LogP contribution in [0.5, 0.6) is 5.75 Å². The third-order valence-electron chi connectivity index (χ3n) is 3.67. The molecule has 2 aromatic carbocycles. The molecule has 0 saturated carbocycles. The molecule has 0 N–H and O–H groups in total. The lowest BCUT2D eigenvalue weighted by atomic mass is 10.1. The number of aromatic nitrogens is 2. The summed E-state index contributed by atoms with van der Waals surface area (Å²) in [5.41, 5.74) is 1.14. The first-order valence-electron chi connectivity index (χ1n) is 7.91. The Labute approximate surface area is 158 Å². The van der Waals surface area contributed by atoms with E-state index in [9.17, 15) is 14.9 Å². The van der Waals surface area contributed by atoms with E-state index >= 15 is 0 Å². The lowest BCUT2D eigenvalue weighted by Crippen LogP contribution is -2.03. The summed E-state index contributed by atoms with van der Waals surface area (Å²) in [5.74, 6) is 0.995. The standard InChI is InChI=1S/C18H15N3O5S/c1-25-15-7-5-12(6-8-15)9-17-19-20-18(26-17)27-11-16(22)13-3-2-4-14(10-13)21(23)24/h2-8,10H,9,11H2,1H3. The van der Waals surface area contributed by atoms with Crippen LogP contribution in [0, 0.1) is 10.1 Å². The summed E-state index contributed by atoms with van der Waals surface area (Å²) in [6.07, 6.45) is 0.469. The number of hydrogen-bond donors (Lipinski definition) is 0. The van der Waals surface area contributed by atoms with Crippen LogP contribution >= 0.6 is 11.8 Å². The predicted octanol–water partition coefficient (Wildman–Crippen LogP) is 3.55. The highest BCUT2D eigenvalue weighted by molar-refractivity contribution is 7.99. The number of nitro groups is 1. The van der Waals surface area contributed by atoms with E-state index in [1.54, 1.807) is 13.2 Å². The molecular weight excluding hydrogens is 370 g/mol. The lowest BCUT2D eigenvalue weighted by molar-refractivity contribution is -0.384. The third-order valence-corrected chi connectivity index (χ3v) is 4.49. The highest BCUT2D eigenvalue weighted by Gasteiger charge is 2.14. The van der Waals surface area contributed by atoms with E-state index < -0.39 is 4.92 Å². The summed E-state index contributed by atoms with van der Waals surface area (Å²) in [5, 5.41) is 19.0. The van der Waals surface area contributed by atoms with Gasteiger partial charge < -0.3 is 9.15 Å². The number of carbonyl (C=O) groups is 1. The van der Waals surface area contributed by atoms with Crippen molar-refractivity contribution in [3.63, 3.8) is 0 Å². The number of benzene rings is 2. The first-order valence-corrected chi connectivity index (χ1v) is 8.89. The van der Waals surface area contributed by atoms with Gasteiger partial charge in [-0.25, -0.2) is 0 Å². The monoisotopic (exact) mass is 385 g/mol. The van der Waals surface area contributed by atoms with Crippen molar-refractivity contribution in [2.24, 2.45) is 0 Å². The maximum absolute atomic E-state index is 12.2. The summed E-state index contributed by atoms with van der Waals surface area (Å²) in [7, 11) is 1.60. The van der Waals surface area contributed by atoms with Crippen LogP contribution in [0.2, 0.25) is 0 Å². The van der Waals surface area contributed by atoms with Crippen LogP contribution < -0.4 is 4.74 Å². The Balaban J connectivity index is 1.58. The van der Waals surface area contributed by atoms with Gasteiger partial charge in [-0.2, -0.15) is 0 Å². The quantitative estimate of drug-likeness (QED) is 0.251. The summed E-state index contributed by atoms with van der Waals surface area (Å²) in [6.45, 7) is 0. The van der Waals surface area contributed by atoms with Crippen molar-refractivity contribution in [2.45, 2.75) is 11.6 Å². The van der Waals surface area contributed by atoms with E-state index in [1.165, 1.54) is 18.2 Å². The summed E-state index contributed by atoms with van der Waals surface area (Å²) < 4.78 is 10.7. The molecule has 1 aromatic heterocycles. The fraction of sp³-hybridized carbons (Fsp3) is 0.167. The van der Waals surface area contributed by atoms with Gasteiger partial charge in [0.2, 0.25) is 5.89 Å². The third kappa shape index (κ3) is 4.91. The van der Waals surface area contributed by atoms with Gasteiger partial charge in [0.05, 0.1) is 24.2 Å². The molecule has 3 aromatic rings. The molecular formula is C18H15N3O5S. The van der Waals surface area contributed by atoms with E-state index in [0.717, 1.165) is 23.1 Å². The number of methoxy groups -OCH3 is 1. The number of nitrogens with zero attached hydrogens (tertiary/aromatic N) is 3. The molecule has 138 valence electrons. The Morgan fingerprint density at radius 1 is 1.22 bits per heavy atom. The van der Waals surface area contributed by atoms with Crippen LogP contribution in [0.1, 0.15) is 21.8 Å². The maximum Gasteiger partial charge on any atom is 0.277 e. The van der Waals surface area contributed by atoms with Gasteiger partial charge in [-0.1, -0.05) is 36.0 Å². The summed E-state index contributed by atoms with van der Waals surface area (Å²) >= 11 is 1.10. The molecule has 0 radical (unpaired) electrons. The average Bonchev–Trinajstić information content (AvgIpc) is 3.14. The van der Waals surface area contributed by atoms with Crippen molar-refractivity contribution < 1.29 is 18.9 Å². The molecule has 27 heavy (non-hydrogen) atoms. The number of ketones is 1. The van der Waals surface area contributed by atoms with E-state index in [0.29, 0.717) is 12.3 Å². The topological polar surface area (TPSA) is 108 Å². The molecule has 1 heterocycles. The molecule has 0 bridgehead atoms. The molecule has 0 amide bonds. The van der Waals surface area contributed by atoms with E-state index in [4.69, 9.17) is 9.15 Å². The van der Waals surface area contributed by atoms with Crippen LogP contribution in [-0.4, -0.2) is 33.8 Å². The Morgan fingerprint density at radius 2 is 2.00 bits per heavy atom. The SMILES string of the molecule is COc1ccc(Cc2nnc(SCC(=O)c3cccc([N+](=O)[O-])c3)o2)cc1. The maximum atomic E-state index is 12.2. The van der Waals surface area contributed by atoms with Gasteiger partial charge in [0.15, 0.2) is 5.78 Å². The highest BCUT2D eigenvalue weighted by atomic mass is 32.2. The normalized spacial score (nSPS) is 10.6. The number of rotatable bonds is 8. The number of nitro benzene ring substituents is 1. The average molecular weight is 385 g/mol. The highest BCUT2D eigenvalue weighted by Crippen LogP contribution is 2.21. The van der Waals surface area contributed by atoms with Gasteiger partial charge in [-0.15, -0.1) is 10.2 Å². The predicted molar refractivity (Wildman–Crippen MR) is 98.2 cm³/mol. The van der Waals surface area contributed by atoms with Crippen molar-refractivity contribution in [2.75, 3.05) is 12.9 Å². The van der Waals surface area contributed by atoms with Crippen molar-refractivity contribution in [1.82, 2.24) is 10.2 Å². The molecule has 0 spiro atoms. The van der Waals surface area contributed by atoms with Crippen molar-refractivity contribution >= 4 is 23.2 Å². The molecule has 0 atom stereocenters. The first kappa shape index (κ1) is 18.6. The van der Waals surface area contributed by atoms with Gasteiger partial charge in [0.25, 0.3) is 10.9 Å². The fourth-order valence-electron chi connectivity index (χ4n) is 2.29. The minimum Gasteiger partial charge on any atom is -0.497 e. The van der Waals surface area contributed by atoms with Gasteiger partial charge >= 0.3 is 0 Å². The molecule has 0 fully saturated rings. The molecule has 9 heteroatoms. The van der Waals surface area contributed by atoms with E-state index in [2.05, 4.69) is 10.2 Å². The van der Waals surface area contributed by atoms with Crippen molar-refractivity contribution in [1.29, 1.82) is 0 Å². The van der Waals surface area contributed by atoms with Crippen LogP contribution in [-0.2, 0) is 6.42 Å². The number of ether oxygens (including phenoxy) is 1. The molecule has 8 nitrogen and oxygen atoms in total. The molecule has 0 aliphatic heterocycles. The Bertz CT molecular complexity index is 956. The molecule has 0 aliphatic carbocycles. The van der Waals surface area contributed by atoms with E-state index in [-0.39, 0.29) is 28.0 Å². The first-order chi connectivity index (χ1) is 13.0. The van der Waals surface area contributed by atoms with Gasteiger partial charge in [0, 0.05) is 17.7 Å². The Kier molecular flexibility index (Phi) is 5.82. The number of Topliss-reactive ketones (excluding diaryl/α,β-unsaturated/α-hetero) is 1. The van der Waals surface area contributed by atoms with Gasteiger partial charge in [0.1, 0.15) is 5.75 Å². The zero-order chi connectivity index (χ0) is 19.2. The van der Waals surface area contributed by atoms with Crippen LogP contribution in [0.25, 0.3) is 0 Å². The van der Waals surface area contributed by atoms with Gasteiger partial charge in [-0.3, -0.25) is 14.9 Å². The largest absolute Gasteiger partial charge is 0.497 e. The zero-order valence-electron chi connectivity index (χ0n) is 14.3. The lowest BCUT2D eigenvalue weighted by Gasteiger charge is -2.00. The second kappa shape index (κ2) is 8.45. The second-order valence-corrected chi connectivity index (χ2v) is 6.43. The molecule has 0 unspecified atom stereocenters. The number of carbonyl (C=O) groups excluding carboxylic acids is 1. The fourth-order valence-corrected chi connectivity index (χ4v) is 2.96. The minimum absolute atomic E-state index is 0.0470. The number of non-ortho nitro benzene ring substituents is 1. The Hall–Kier alpha value is -3.20. The Morgan fingerprint density at radius 3 is 2.70 bits per heavy atom.